The Morgan fingerprint density at radius 3 is 2.44 bits per heavy atom. The van der Waals surface area contributed by atoms with Gasteiger partial charge in [0.25, 0.3) is 0 Å². The molecule has 2 aromatic rings. The van der Waals surface area contributed by atoms with Gasteiger partial charge in [-0.25, -0.2) is 4.79 Å². The molecule has 0 saturated carbocycles. The largest absolute Gasteiger partial charge is 0.260 e. The molecule has 0 bridgehead atoms. The first-order valence-electron chi connectivity index (χ1n) is 5.70. The summed E-state index contributed by atoms with van der Waals surface area (Å²) in [7, 11) is 0. The zero-order chi connectivity index (χ0) is 12.8. The molecule has 0 spiro atoms. The molecule has 0 aliphatic carbocycles. The van der Waals surface area contributed by atoms with Crippen molar-refractivity contribution in [3.8, 4) is 0 Å². The van der Waals surface area contributed by atoms with Gasteiger partial charge in [-0.05, 0) is 17.7 Å². The summed E-state index contributed by atoms with van der Waals surface area (Å²) in [6, 6.07) is 15.4. The Morgan fingerprint density at radius 1 is 1.17 bits per heavy atom. The quantitative estimate of drug-likeness (QED) is 0.602. The molecule has 88 valence electrons. The minimum Gasteiger partial charge on any atom is -0.260 e. The molecule has 1 aromatic carbocycles. The van der Waals surface area contributed by atoms with Gasteiger partial charge in [-0.1, -0.05) is 49.1 Å². The standard InChI is InChI=1S/C16H13NO/c1-2-13(12-18)16(14-8-4-3-5-9-14)15-10-6-7-11-17-15/h2-11,16H,1H2. The SMILES string of the molecule is C=CC(=C=O)C(c1ccccc1)c1ccccn1. The number of nitrogens with zero attached hydrogens (tertiary/aromatic N) is 1. The highest BCUT2D eigenvalue weighted by atomic mass is 16.1. The summed E-state index contributed by atoms with van der Waals surface area (Å²) in [5.74, 6) is 1.75. The number of hydrogen-bond donors (Lipinski definition) is 0. The van der Waals surface area contributed by atoms with Crippen LogP contribution in [0.25, 0.3) is 0 Å². The molecule has 2 nitrogen and oxygen atoms in total. The molecule has 1 unspecified atom stereocenters. The molecule has 0 radical (unpaired) electrons. The average Bonchev–Trinajstić information content (AvgIpc) is 2.46. The molecular weight excluding hydrogens is 222 g/mol. The molecule has 0 aliphatic heterocycles. The van der Waals surface area contributed by atoms with E-state index in [-0.39, 0.29) is 5.92 Å². The summed E-state index contributed by atoms with van der Waals surface area (Å²) in [6.45, 7) is 3.68. The van der Waals surface area contributed by atoms with Crippen LogP contribution < -0.4 is 0 Å². The molecule has 0 fully saturated rings. The lowest BCUT2D eigenvalue weighted by molar-refractivity contribution is 0.566. The predicted octanol–water partition coefficient (Wildman–Crippen LogP) is 3.16. The molecule has 0 saturated heterocycles. The van der Waals surface area contributed by atoms with Crippen LogP contribution in [-0.2, 0) is 4.79 Å². The number of hydrogen-bond acceptors (Lipinski definition) is 2. The Labute approximate surface area is 106 Å². The van der Waals surface area contributed by atoms with Crippen molar-refractivity contribution < 1.29 is 4.79 Å². The highest BCUT2D eigenvalue weighted by molar-refractivity contribution is 5.63. The fourth-order valence-corrected chi connectivity index (χ4v) is 1.92. The number of rotatable bonds is 4. The highest BCUT2D eigenvalue weighted by Gasteiger charge is 2.18. The van der Waals surface area contributed by atoms with Gasteiger partial charge in [-0.15, -0.1) is 0 Å². The van der Waals surface area contributed by atoms with E-state index in [0.29, 0.717) is 5.57 Å². The van der Waals surface area contributed by atoms with Crippen molar-refractivity contribution in [2.45, 2.75) is 5.92 Å². The zero-order valence-electron chi connectivity index (χ0n) is 9.91. The van der Waals surface area contributed by atoms with Gasteiger partial charge in [0.05, 0.1) is 11.6 Å². The molecular formula is C16H13NO. The first-order valence-corrected chi connectivity index (χ1v) is 5.70. The lowest BCUT2D eigenvalue weighted by Gasteiger charge is -2.15. The van der Waals surface area contributed by atoms with Gasteiger partial charge in [0.2, 0.25) is 0 Å². The van der Waals surface area contributed by atoms with Gasteiger partial charge in [0, 0.05) is 11.8 Å². The molecule has 0 N–H and O–H groups in total. The van der Waals surface area contributed by atoms with Gasteiger partial charge in [-0.3, -0.25) is 4.98 Å². The predicted molar refractivity (Wildman–Crippen MR) is 71.9 cm³/mol. The molecule has 18 heavy (non-hydrogen) atoms. The maximum Gasteiger partial charge on any atom is 0.128 e. The summed E-state index contributed by atoms with van der Waals surface area (Å²) >= 11 is 0. The van der Waals surface area contributed by atoms with Crippen molar-refractivity contribution in [1.82, 2.24) is 4.98 Å². The van der Waals surface area contributed by atoms with Crippen LogP contribution in [0.3, 0.4) is 0 Å². The summed E-state index contributed by atoms with van der Waals surface area (Å²) in [5, 5.41) is 0. The van der Waals surface area contributed by atoms with E-state index >= 15 is 0 Å². The summed E-state index contributed by atoms with van der Waals surface area (Å²) in [6.07, 6.45) is 3.26. The summed E-state index contributed by atoms with van der Waals surface area (Å²) in [4.78, 5) is 15.4. The molecule has 0 amide bonds. The fraction of sp³-hybridized carbons (Fsp3) is 0.0625. The Kier molecular flexibility index (Phi) is 3.85. The van der Waals surface area contributed by atoms with Gasteiger partial charge in [0.1, 0.15) is 5.94 Å². The third kappa shape index (κ3) is 2.45. The van der Waals surface area contributed by atoms with Gasteiger partial charge < -0.3 is 0 Å². The van der Waals surface area contributed by atoms with Crippen LogP contribution in [0.4, 0.5) is 0 Å². The maximum atomic E-state index is 11.1. The van der Waals surface area contributed by atoms with Crippen LogP contribution in [0.15, 0.2) is 73.0 Å². The van der Waals surface area contributed by atoms with E-state index in [0.717, 1.165) is 11.3 Å². The molecule has 2 rings (SSSR count). The Bertz CT molecular complexity index is 529. The van der Waals surface area contributed by atoms with Gasteiger partial charge >= 0.3 is 0 Å². The van der Waals surface area contributed by atoms with Gasteiger partial charge in [-0.2, -0.15) is 0 Å². The average molecular weight is 235 g/mol. The van der Waals surface area contributed by atoms with Crippen LogP contribution in [0.5, 0.6) is 0 Å². The number of allylic oxidation sites excluding steroid dienone is 2. The number of pyridine rings is 1. The van der Waals surface area contributed by atoms with E-state index in [4.69, 9.17) is 0 Å². The Hall–Kier alpha value is -2.44. The smallest absolute Gasteiger partial charge is 0.128 e. The van der Waals surface area contributed by atoms with Crippen molar-refractivity contribution in [3.05, 3.63) is 84.2 Å². The number of benzene rings is 1. The van der Waals surface area contributed by atoms with Crippen LogP contribution >= 0.6 is 0 Å². The van der Waals surface area contributed by atoms with E-state index in [2.05, 4.69) is 11.6 Å². The van der Waals surface area contributed by atoms with Crippen molar-refractivity contribution in [1.29, 1.82) is 0 Å². The second kappa shape index (κ2) is 5.76. The van der Waals surface area contributed by atoms with E-state index in [9.17, 15) is 4.79 Å². The zero-order valence-corrected chi connectivity index (χ0v) is 9.91. The summed E-state index contributed by atoms with van der Waals surface area (Å²) in [5.41, 5.74) is 2.33. The molecule has 0 aliphatic rings. The van der Waals surface area contributed by atoms with Gasteiger partial charge in [0.15, 0.2) is 0 Å². The minimum absolute atomic E-state index is 0.206. The minimum atomic E-state index is -0.206. The van der Waals surface area contributed by atoms with Crippen LogP contribution in [0.2, 0.25) is 0 Å². The number of carbonyl (C=O) groups excluding carboxylic acids is 1. The second-order valence-corrected chi connectivity index (χ2v) is 3.86. The highest BCUT2D eigenvalue weighted by Crippen LogP contribution is 2.29. The van der Waals surface area contributed by atoms with E-state index < -0.39 is 0 Å². The van der Waals surface area contributed by atoms with Crippen molar-refractivity contribution >= 4 is 5.94 Å². The molecule has 1 atom stereocenters. The van der Waals surface area contributed by atoms with Crippen molar-refractivity contribution in [2.75, 3.05) is 0 Å². The number of aromatic nitrogens is 1. The van der Waals surface area contributed by atoms with E-state index in [1.54, 1.807) is 12.3 Å². The van der Waals surface area contributed by atoms with E-state index in [1.807, 2.05) is 54.5 Å². The molecule has 1 heterocycles. The maximum absolute atomic E-state index is 11.1. The second-order valence-electron chi connectivity index (χ2n) is 3.86. The van der Waals surface area contributed by atoms with E-state index in [1.165, 1.54) is 0 Å². The normalized spacial score (nSPS) is 11.3. The van der Waals surface area contributed by atoms with Crippen molar-refractivity contribution in [3.63, 3.8) is 0 Å². The first kappa shape index (κ1) is 12.0. The molecule has 2 heteroatoms. The first-order chi connectivity index (χ1) is 8.86. The third-order valence-corrected chi connectivity index (χ3v) is 2.77. The van der Waals surface area contributed by atoms with Crippen LogP contribution in [0.1, 0.15) is 17.2 Å². The van der Waals surface area contributed by atoms with Crippen LogP contribution in [-0.4, -0.2) is 10.9 Å². The lowest BCUT2D eigenvalue weighted by atomic mass is 9.88. The third-order valence-electron chi connectivity index (χ3n) is 2.77. The topological polar surface area (TPSA) is 30.0 Å². The lowest BCUT2D eigenvalue weighted by Crippen LogP contribution is -2.05. The van der Waals surface area contributed by atoms with Crippen LogP contribution in [0, 0.1) is 0 Å². The summed E-state index contributed by atoms with van der Waals surface area (Å²) < 4.78 is 0. The monoisotopic (exact) mass is 235 g/mol. The molecule has 1 aromatic heterocycles. The Morgan fingerprint density at radius 2 is 1.89 bits per heavy atom. The fourth-order valence-electron chi connectivity index (χ4n) is 1.92. The Balaban J connectivity index is 2.55. The van der Waals surface area contributed by atoms with Crippen molar-refractivity contribution in [2.24, 2.45) is 0 Å².